The van der Waals surface area contributed by atoms with Gasteiger partial charge in [0.1, 0.15) is 0 Å². The highest BCUT2D eigenvalue weighted by Gasteiger charge is 2.21. The van der Waals surface area contributed by atoms with Gasteiger partial charge in [0.15, 0.2) is 0 Å². The van der Waals surface area contributed by atoms with E-state index in [1.165, 1.54) is 4.88 Å². The molecule has 0 saturated carbocycles. The van der Waals surface area contributed by atoms with Crippen molar-refractivity contribution in [2.24, 2.45) is 5.73 Å². The van der Waals surface area contributed by atoms with E-state index >= 15 is 0 Å². The van der Waals surface area contributed by atoms with Gasteiger partial charge >= 0.3 is 11.8 Å². The van der Waals surface area contributed by atoms with Crippen molar-refractivity contribution in [1.82, 2.24) is 10.2 Å². The number of hydrogen-bond acceptors (Lipinski definition) is 4. The molecule has 2 rings (SSSR count). The van der Waals surface area contributed by atoms with Crippen molar-refractivity contribution < 1.29 is 9.59 Å². The maximum atomic E-state index is 11.0. The molecule has 5 nitrogen and oxygen atoms in total. The molecular weight excluding hydrogens is 262 g/mol. The molecule has 2 amide bonds. The normalized spacial score (nSPS) is 17.3. The minimum Gasteiger partial charge on any atom is -0.361 e. The Morgan fingerprint density at radius 2 is 2.16 bits per heavy atom. The smallest absolute Gasteiger partial charge is 0.309 e. The molecule has 19 heavy (non-hydrogen) atoms. The van der Waals surface area contributed by atoms with Crippen LogP contribution in [-0.4, -0.2) is 42.9 Å². The summed E-state index contributed by atoms with van der Waals surface area (Å²) < 4.78 is 0. The topological polar surface area (TPSA) is 75.4 Å². The predicted molar refractivity (Wildman–Crippen MR) is 74.9 cm³/mol. The van der Waals surface area contributed by atoms with E-state index in [0.29, 0.717) is 12.5 Å². The summed E-state index contributed by atoms with van der Waals surface area (Å²) in [6.45, 7) is 3.33. The molecular formula is C13H19N3O2S. The van der Waals surface area contributed by atoms with Crippen LogP contribution in [-0.2, 0) is 9.59 Å². The van der Waals surface area contributed by atoms with Crippen LogP contribution >= 0.6 is 11.3 Å². The summed E-state index contributed by atoms with van der Waals surface area (Å²) in [6.07, 6.45) is 2.31. The molecule has 1 saturated heterocycles. The second-order valence-corrected chi connectivity index (χ2v) is 5.73. The third kappa shape index (κ3) is 4.04. The monoisotopic (exact) mass is 281 g/mol. The lowest BCUT2D eigenvalue weighted by Crippen LogP contribution is -2.42. The minimum absolute atomic E-state index is 0.478. The van der Waals surface area contributed by atoms with Gasteiger partial charge < -0.3 is 16.0 Å². The Morgan fingerprint density at radius 3 is 2.74 bits per heavy atom. The number of carbonyl (C=O) groups excluding carboxylic acids is 2. The zero-order valence-electron chi connectivity index (χ0n) is 10.8. The molecule has 104 valence electrons. The largest absolute Gasteiger partial charge is 0.361 e. The van der Waals surface area contributed by atoms with E-state index in [4.69, 9.17) is 5.73 Å². The van der Waals surface area contributed by atoms with Gasteiger partial charge in [0.25, 0.3) is 0 Å². The number of thiophene rings is 1. The molecule has 1 aromatic rings. The number of primary amides is 1. The van der Waals surface area contributed by atoms with E-state index < -0.39 is 11.8 Å². The van der Waals surface area contributed by atoms with Gasteiger partial charge in [-0.05, 0) is 43.3 Å². The third-order valence-corrected chi connectivity index (χ3v) is 4.51. The zero-order valence-corrected chi connectivity index (χ0v) is 11.6. The number of hydrogen-bond donors (Lipinski definition) is 2. The molecule has 1 fully saturated rings. The molecule has 0 atom stereocenters. The number of amides is 2. The lowest BCUT2D eigenvalue weighted by atomic mass is 9.95. The Hall–Kier alpha value is -1.40. The number of piperidine rings is 1. The number of nitrogens with zero attached hydrogens (tertiary/aromatic N) is 1. The van der Waals surface area contributed by atoms with Gasteiger partial charge in [0.05, 0.1) is 0 Å². The maximum Gasteiger partial charge on any atom is 0.309 e. The van der Waals surface area contributed by atoms with E-state index in [9.17, 15) is 9.59 Å². The fourth-order valence-electron chi connectivity index (χ4n) is 2.38. The average Bonchev–Trinajstić information content (AvgIpc) is 2.93. The zero-order chi connectivity index (χ0) is 13.7. The van der Waals surface area contributed by atoms with Crippen LogP contribution < -0.4 is 11.1 Å². The van der Waals surface area contributed by atoms with Crippen LogP contribution in [0.15, 0.2) is 17.5 Å². The van der Waals surface area contributed by atoms with Crippen LogP contribution in [0.2, 0.25) is 0 Å². The molecule has 6 heteroatoms. The van der Waals surface area contributed by atoms with E-state index in [1.54, 1.807) is 0 Å². The molecule has 0 unspecified atom stereocenters. The summed E-state index contributed by atoms with van der Waals surface area (Å²) >= 11 is 1.83. The predicted octanol–water partition coefficient (Wildman–Crippen LogP) is 0.529. The minimum atomic E-state index is -0.920. The molecule has 3 N–H and O–H groups in total. The highest BCUT2D eigenvalue weighted by atomic mass is 32.1. The van der Waals surface area contributed by atoms with Crippen LogP contribution in [0.5, 0.6) is 0 Å². The van der Waals surface area contributed by atoms with E-state index in [0.717, 1.165) is 32.5 Å². The second kappa shape index (κ2) is 6.68. The van der Waals surface area contributed by atoms with Crippen molar-refractivity contribution in [3.63, 3.8) is 0 Å². The van der Waals surface area contributed by atoms with Crippen LogP contribution in [0, 0.1) is 0 Å². The Morgan fingerprint density at radius 1 is 1.42 bits per heavy atom. The Labute approximate surface area is 116 Å². The van der Waals surface area contributed by atoms with Crippen LogP contribution in [0.4, 0.5) is 0 Å². The van der Waals surface area contributed by atoms with Crippen molar-refractivity contribution in [3.05, 3.63) is 22.4 Å². The van der Waals surface area contributed by atoms with Gasteiger partial charge in [-0.2, -0.15) is 0 Å². The first kappa shape index (κ1) is 14.0. The Bertz CT molecular complexity index is 425. The highest BCUT2D eigenvalue weighted by Crippen LogP contribution is 2.30. The SMILES string of the molecule is NC(=O)C(=O)NCCN1CCC(c2cccs2)CC1. The first-order valence-corrected chi connectivity index (χ1v) is 7.38. The summed E-state index contributed by atoms with van der Waals surface area (Å²) in [7, 11) is 0. The highest BCUT2D eigenvalue weighted by molar-refractivity contribution is 7.10. The standard InChI is InChI=1S/C13H19N3O2S/c14-12(17)13(18)15-5-8-16-6-3-10(4-7-16)11-2-1-9-19-11/h1-2,9-10H,3-8H2,(H2,14,17)(H,15,18). The quantitative estimate of drug-likeness (QED) is 0.791. The fourth-order valence-corrected chi connectivity index (χ4v) is 3.28. The summed E-state index contributed by atoms with van der Waals surface area (Å²) in [6, 6.07) is 4.31. The second-order valence-electron chi connectivity index (χ2n) is 4.75. The van der Waals surface area contributed by atoms with Crippen molar-refractivity contribution >= 4 is 23.2 Å². The van der Waals surface area contributed by atoms with E-state index in [2.05, 4.69) is 27.7 Å². The molecule has 0 radical (unpaired) electrons. The number of carbonyl (C=O) groups is 2. The average molecular weight is 281 g/mol. The van der Waals surface area contributed by atoms with E-state index in [1.807, 2.05) is 11.3 Å². The molecule has 1 aliphatic rings. The van der Waals surface area contributed by atoms with Gasteiger partial charge in [-0.1, -0.05) is 6.07 Å². The first-order chi connectivity index (χ1) is 9.16. The molecule has 0 bridgehead atoms. The van der Waals surface area contributed by atoms with Gasteiger partial charge in [-0.15, -0.1) is 11.3 Å². The van der Waals surface area contributed by atoms with E-state index in [-0.39, 0.29) is 0 Å². The number of nitrogens with two attached hydrogens (primary N) is 1. The van der Waals surface area contributed by atoms with Crippen molar-refractivity contribution in [1.29, 1.82) is 0 Å². The number of likely N-dealkylation sites (tertiary alicyclic amines) is 1. The van der Waals surface area contributed by atoms with Crippen molar-refractivity contribution in [3.8, 4) is 0 Å². The summed E-state index contributed by atoms with van der Waals surface area (Å²) in [4.78, 5) is 25.3. The van der Waals surface area contributed by atoms with Crippen LogP contribution in [0.25, 0.3) is 0 Å². The lowest BCUT2D eigenvalue weighted by Gasteiger charge is -2.31. The van der Waals surface area contributed by atoms with Crippen molar-refractivity contribution in [2.45, 2.75) is 18.8 Å². The maximum absolute atomic E-state index is 11.0. The van der Waals surface area contributed by atoms with Crippen LogP contribution in [0.1, 0.15) is 23.6 Å². The molecule has 2 heterocycles. The Balaban J connectivity index is 1.66. The summed E-state index contributed by atoms with van der Waals surface area (Å²) in [5.41, 5.74) is 4.86. The Kier molecular flexibility index (Phi) is 4.93. The third-order valence-electron chi connectivity index (χ3n) is 3.47. The molecule has 1 aliphatic heterocycles. The number of rotatable bonds is 4. The summed E-state index contributed by atoms with van der Waals surface area (Å²) in [5, 5.41) is 4.64. The van der Waals surface area contributed by atoms with Crippen LogP contribution in [0.3, 0.4) is 0 Å². The van der Waals surface area contributed by atoms with Gasteiger partial charge in [-0.3, -0.25) is 9.59 Å². The van der Waals surface area contributed by atoms with Gasteiger partial charge in [-0.25, -0.2) is 0 Å². The van der Waals surface area contributed by atoms with Gasteiger partial charge in [0, 0.05) is 18.0 Å². The molecule has 0 spiro atoms. The summed E-state index contributed by atoms with van der Waals surface area (Å²) in [5.74, 6) is -0.943. The molecule has 0 aromatic carbocycles. The molecule has 0 aliphatic carbocycles. The lowest BCUT2D eigenvalue weighted by molar-refractivity contribution is -0.137. The molecule has 1 aromatic heterocycles. The van der Waals surface area contributed by atoms with Gasteiger partial charge in [0.2, 0.25) is 0 Å². The fraction of sp³-hybridized carbons (Fsp3) is 0.538. The number of nitrogens with one attached hydrogen (secondary N) is 1. The first-order valence-electron chi connectivity index (χ1n) is 6.50. The van der Waals surface area contributed by atoms with Crippen molar-refractivity contribution in [2.75, 3.05) is 26.2 Å².